The number of imidazole rings is 1. The van der Waals surface area contributed by atoms with Crippen LogP contribution >= 0.6 is 11.8 Å². The fourth-order valence-corrected chi connectivity index (χ4v) is 5.79. The minimum absolute atomic E-state index is 0.137. The number of rotatable bonds is 5. The van der Waals surface area contributed by atoms with Gasteiger partial charge in [-0.1, -0.05) is 11.8 Å². The van der Waals surface area contributed by atoms with Crippen molar-refractivity contribution in [3.63, 3.8) is 0 Å². The van der Waals surface area contributed by atoms with E-state index in [9.17, 15) is 8.42 Å². The normalized spacial score (nSPS) is 18.3. The monoisotopic (exact) mass is 395 g/mol. The molecule has 0 aliphatic carbocycles. The van der Waals surface area contributed by atoms with Gasteiger partial charge < -0.3 is 14.0 Å². The molecule has 2 aromatic rings. The van der Waals surface area contributed by atoms with Gasteiger partial charge >= 0.3 is 0 Å². The highest BCUT2D eigenvalue weighted by molar-refractivity contribution is 7.99. The maximum absolute atomic E-state index is 12.9. The molecule has 3 heterocycles. The lowest BCUT2D eigenvalue weighted by Gasteiger charge is -2.31. The van der Waals surface area contributed by atoms with E-state index in [0.29, 0.717) is 30.5 Å². The highest BCUT2D eigenvalue weighted by Gasteiger charge is 2.30. The van der Waals surface area contributed by atoms with E-state index in [2.05, 4.69) is 4.98 Å². The Morgan fingerprint density at radius 1 is 1.23 bits per heavy atom. The Labute approximate surface area is 157 Å². The quantitative estimate of drug-likeness (QED) is 0.724. The third-order valence-corrected chi connectivity index (χ3v) is 7.96. The van der Waals surface area contributed by atoms with Gasteiger partial charge in [0.1, 0.15) is 0 Å². The van der Waals surface area contributed by atoms with Crippen molar-refractivity contribution < 1.29 is 17.9 Å². The molecule has 0 bridgehead atoms. The molecule has 140 valence electrons. The first-order valence-corrected chi connectivity index (χ1v) is 11.0. The standard InChI is InChI=1S/C17H21N3O4S2/c1-19-9-6-18-17(19)25-11-13-4-7-20(8-5-13)26(21,22)14-2-3-15-16(10-14)24-12-23-15/h2-3,6,9-10,13H,4-5,7-8,11-12H2,1H3. The first-order chi connectivity index (χ1) is 12.5. The van der Waals surface area contributed by atoms with E-state index in [1.54, 1.807) is 40.5 Å². The van der Waals surface area contributed by atoms with Crippen molar-refractivity contribution in [2.45, 2.75) is 22.9 Å². The molecule has 2 aliphatic heterocycles. The van der Waals surface area contributed by atoms with Crippen molar-refractivity contribution in [3.05, 3.63) is 30.6 Å². The summed E-state index contributed by atoms with van der Waals surface area (Å²) in [6.07, 6.45) is 5.45. The van der Waals surface area contributed by atoms with Gasteiger partial charge in [-0.15, -0.1) is 0 Å². The topological polar surface area (TPSA) is 73.7 Å². The van der Waals surface area contributed by atoms with Crippen LogP contribution in [0.1, 0.15) is 12.8 Å². The number of aryl methyl sites for hydroxylation is 1. The number of benzene rings is 1. The van der Waals surface area contributed by atoms with E-state index < -0.39 is 10.0 Å². The molecule has 7 nitrogen and oxygen atoms in total. The number of nitrogens with zero attached hydrogens (tertiary/aromatic N) is 3. The molecule has 26 heavy (non-hydrogen) atoms. The van der Waals surface area contributed by atoms with Gasteiger partial charge in [-0.25, -0.2) is 13.4 Å². The Kier molecular flexibility index (Phi) is 4.85. The smallest absolute Gasteiger partial charge is 0.243 e. The largest absolute Gasteiger partial charge is 0.454 e. The van der Waals surface area contributed by atoms with Crippen molar-refractivity contribution in [2.24, 2.45) is 13.0 Å². The molecule has 9 heteroatoms. The predicted octanol–water partition coefficient (Wildman–Crippen LogP) is 2.34. The van der Waals surface area contributed by atoms with Crippen molar-refractivity contribution in [2.75, 3.05) is 25.6 Å². The molecule has 0 unspecified atom stereocenters. The lowest BCUT2D eigenvalue weighted by molar-refractivity contribution is 0.174. The molecule has 4 rings (SSSR count). The zero-order valence-corrected chi connectivity index (χ0v) is 16.1. The number of piperidine rings is 1. The highest BCUT2D eigenvalue weighted by atomic mass is 32.2. The third kappa shape index (κ3) is 3.43. The lowest BCUT2D eigenvalue weighted by atomic mass is 10.0. The van der Waals surface area contributed by atoms with Gasteiger partial charge in [0.05, 0.1) is 4.90 Å². The van der Waals surface area contributed by atoms with Gasteiger partial charge in [-0.3, -0.25) is 0 Å². The van der Waals surface area contributed by atoms with Crippen LogP contribution in [-0.4, -0.2) is 47.9 Å². The highest BCUT2D eigenvalue weighted by Crippen LogP contribution is 2.35. The summed E-state index contributed by atoms with van der Waals surface area (Å²) in [6.45, 7) is 1.23. The summed E-state index contributed by atoms with van der Waals surface area (Å²) in [5, 5.41) is 1.00. The second kappa shape index (κ2) is 7.13. The summed E-state index contributed by atoms with van der Waals surface area (Å²) in [5.74, 6) is 2.55. The van der Waals surface area contributed by atoms with E-state index in [-0.39, 0.29) is 11.7 Å². The Morgan fingerprint density at radius 3 is 2.73 bits per heavy atom. The summed E-state index contributed by atoms with van der Waals surface area (Å²) < 4.78 is 39.9. The van der Waals surface area contributed by atoms with Gasteiger partial charge in [-0.2, -0.15) is 4.31 Å². The molecule has 0 atom stereocenters. The molecular formula is C17H21N3O4S2. The van der Waals surface area contributed by atoms with Gasteiger partial charge in [0, 0.05) is 44.4 Å². The fraction of sp³-hybridized carbons (Fsp3) is 0.471. The van der Waals surface area contributed by atoms with Gasteiger partial charge in [0.25, 0.3) is 0 Å². The second-order valence-electron chi connectivity index (χ2n) is 6.49. The number of sulfonamides is 1. The Hall–Kier alpha value is -1.71. The van der Waals surface area contributed by atoms with Crippen LogP contribution in [-0.2, 0) is 17.1 Å². The summed E-state index contributed by atoms with van der Waals surface area (Å²) in [6, 6.07) is 4.80. The van der Waals surface area contributed by atoms with E-state index in [1.165, 1.54) is 0 Å². The summed E-state index contributed by atoms with van der Waals surface area (Å²) >= 11 is 1.73. The second-order valence-corrected chi connectivity index (χ2v) is 9.42. The number of ether oxygens (including phenoxy) is 2. The van der Waals surface area contributed by atoms with Gasteiger partial charge in [0.15, 0.2) is 16.7 Å². The van der Waals surface area contributed by atoms with E-state index in [0.717, 1.165) is 23.8 Å². The van der Waals surface area contributed by atoms with E-state index in [4.69, 9.17) is 9.47 Å². The molecule has 0 saturated carbocycles. The van der Waals surface area contributed by atoms with Gasteiger partial charge in [0.2, 0.25) is 16.8 Å². The van der Waals surface area contributed by atoms with Crippen LogP contribution in [0.5, 0.6) is 11.5 Å². The SMILES string of the molecule is Cn1ccnc1SCC1CCN(S(=O)(=O)c2ccc3c(c2)OCO3)CC1. The van der Waals surface area contributed by atoms with Crippen LogP contribution in [0, 0.1) is 5.92 Å². The number of aromatic nitrogens is 2. The van der Waals surface area contributed by atoms with Crippen LogP contribution in [0.25, 0.3) is 0 Å². The molecule has 2 aliphatic rings. The molecule has 0 amide bonds. The summed E-state index contributed by atoms with van der Waals surface area (Å²) in [4.78, 5) is 4.59. The van der Waals surface area contributed by atoms with E-state index in [1.807, 2.05) is 17.8 Å². The summed E-state index contributed by atoms with van der Waals surface area (Å²) in [5.41, 5.74) is 0. The molecule has 1 fully saturated rings. The van der Waals surface area contributed by atoms with Crippen LogP contribution in [0.15, 0.2) is 40.6 Å². The van der Waals surface area contributed by atoms with Crippen LogP contribution < -0.4 is 9.47 Å². The molecular weight excluding hydrogens is 374 g/mol. The maximum atomic E-state index is 12.9. The van der Waals surface area contributed by atoms with Crippen molar-refractivity contribution in [1.29, 1.82) is 0 Å². The molecule has 1 aromatic heterocycles. The minimum atomic E-state index is -3.50. The van der Waals surface area contributed by atoms with E-state index >= 15 is 0 Å². The number of hydrogen-bond acceptors (Lipinski definition) is 6. The number of thioether (sulfide) groups is 1. The zero-order valence-electron chi connectivity index (χ0n) is 14.5. The maximum Gasteiger partial charge on any atom is 0.243 e. The summed E-state index contributed by atoms with van der Waals surface area (Å²) in [7, 11) is -1.52. The fourth-order valence-electron chi connectivity index (χ4n) is 3.19. The molecule has 0 spiro atoms. The predicted molar refractivity (Wildman–Crippen MR) is 98.0 cm³/mol. The number of fused-ring (bicyclic) bond motifs is 1. The third-order valence-electron chi connectivity index (χ3n) is 4.78. The lowest BCUT2D eigenvalue weighted by Crippen LogP contribution is -2.38. The zero-order chi connectivity index (χ0) is 18.1. The molecule has 1 aromatic carbocycles. The Morgan fingerprint density at radius 2 is 2.00 bits per heavy atom. The Bertz CT molecular complexity index is 889. The minimum Gasteiger partial charge on any atom is -0.454 e. The van der Waals surface area contributed by atoms with Gasteiger partial charge in [-0.05, 0) is 30.9 Å². The Balaban J connectivity index is 1.37. The average molecular weight is 396 g/mol. The van der Waals surface area contributed by atoms with Crippen LogP contribution in [0.4, 0.5) is 0 Å². The molecule has 0 N–H and O–H groups in total. The van der Waals surface area contributed by atoms with Crippen molar-refractivity contribution in [1.82, 2.24) is 13.9 Å². The van der Waals surface area contributed by atoms with Crippen LogP contribution in [0.2, 0.25) is 0 Å². The molecule has 1 saturated heterocycles. The average Bonchev–Trinajstić information content (AvgIpc) is 3.28. The first-order valence-electron chi connectivity index (χ1n) is 8.54. The van der Waals surface area contributed by atoms with Crippen molar-refractivity contribution >= 4 is 21.8 Å². The van der Waals surface area contributed by atoms with Crippen molar-refractivity contribution in [3.8, 4) is 11.5 Å². The molecule has 0 radical (unpaired) electrons. The van der Waals surface area contributed by atoms with Crippen LogP contribution in [0.3, 0.4) is 0 Å². The number of hydrogen-bond donors (Lipinski definition) is 0. The first kappa shape index (κ1) is 17.7.